The first-order chi connectivity index (χ1) is 9.08. The van der Waals surface area contributed by atoms with E-state index >= 15 is 0 Å². The van der Waals surface area contributed by atoms with Gasteiger partial charge in [0.25, 0.3) is 0 Å². The Bertz CT molecular complexity index is 392. The zero-order chi connectivity index (χ0) is 13.8. The number of nitrogens with one attached hydrogen (secondary N) is 1. The third-order valence-corrected chi connectivity index (χ3v) is 3.95. The average molecular weight is 265 g/mol. The highest BCUT2D eigenvalue weighted by molar-refractivity contribution is 5.30. The van der Waals surface area contributed by atoms with Gasteiger partial charge in [-0.1, -0.05) is 13.8 Å². The summed E-state index contributed by atoms with van der Waals surface area (Å²) in [7, 11) is 1.74. The molecule has 1 saturated carbocycles. The predicted molar refractivity (Wildman–Crippen MR) is 78.4 cm³/mol. The molecule has 1 heterocycles. The quantitative estimate of drug-likeness (QED) is 0.889. The van der Waals surface area contributed by atoms with Crippen LogP contribution in [0.4, 0.5) is 5.95 Å². The molecule has 0 aromatic carbocycles. The molecular formula is C15H27N3O. The number of aryl methyl sites for hydroxylation is 1. The minimum Gasteiger partial charge on any atom is -0.383 e. The lowest BCUT2D eigenvalue weighted by Crippen LogP contribution is -2.31. The molecular weight excluding hydrogens is 238 g/mol. The second kappa shape index (κ2) is 6.42. The standard InChI is InChI=1S/C15H27N3O/c1-11-7-12(2)9-14(8-11)17-15-16-13(3)10-18(15)5-6-19-4/h10-12,14H,5-9H2,1-4H3,(H,16,17). The molecule has 19 heavy (non-hydrogen) atoms. The van der Waals surface area contributed by atoms with Crippen LogP contribution in [0.1, 0.15) is 38.8 Å². The van der Waals surface area contributed by atoms with Gasteiger partial charge in [-0.15, -0.1) is 0 Å². The van der Waals surface area contributed by atoms with Crippen molar-refractivity contribution in [1.82, 2.24) is 9.55 Å². The maximum absolute atomic E-state index is 5.16. The molecule has 0 spiro atoms. The van der Waals surface area contributed by atoms with Gasteiger partial charge in [0, 0.05) is 25.9 Å². The Hall–Kier alpha value is -1.03. The third-order valence-electron chi connectivity index (χ3n) is 3.95. The molecule has 4 nitrogen and oxygen atoms in total. The average Bonchev–Trinajstić information content (AvgIpc) is 2.65. The summed E-state index contributed by atoms with van der Waals surface area (Å²) in [6.45, 7) is 8.33. The molecule has 2 atom stereocenters. The summed E-state index contributed by atoms with van der Waals surface area (Å²) in [6, 6.07) is 0.557. The number of anilines is 1. The van der Waals surface area contributed by atoms with Crippen LogP contribution >= 0.6 is 0 Å². The van der Waals surface area contributed by atoms with E-state index in [9.17, 15) is 0 Å². The van der Waals surface area contributed by atoms with Crippen molar-refractivity contribution in [3.05, 3.63) is 11.9 Å². The maximum atomic E-state index is 5.16. The maximum Gasteiger partial charge on any atom is 0.203 e. The second-order valence-corrected chi connectivity index (χ2v) is 6.15. The Kier molecular flexibility index (Phi) is 4.86. The van der Waals surface area contributed by atoms with Gasteiger partial charge in [-0.3, -0.25) is 0 Å². The van der Waals surface area contributed by atoms with Gasteiger partial charge in [0.15, 0.2) is 0 Å². The summed E-state index contributed by atoms with van der Waals surface area (Å²) < 4.78 is 7.33. The van der Waals surface area contributed by atoms with Crippen molar-refractivity contribution in [1.29, 1.82) is 0 Å². The molecule has 0 amide bonds. The van der Waals surface area contributed by atoms with Crippen molar-refractivity contribution in [2.75, 3.05) is 19.0 Å². The third kappa shape index (κ3) is 3.96. The first-order valence-corrected chi connectivity index (χ1v) is 7.37. The predicted octanol–water partition coefficient (Wildman–Crippen LogP) is 3.07. The van der Waals surface area contributed by atoms with Crippen LogP contribution in [0, 0.1) is 18.8 Å². The second-order valence-electron chi connectivity index (χ2n) is 6.15. The highest BCUT2D eigenvalue weighted by atomic mass is 16.5. The molecule has 1 aromatic heterocycles. The van der Waals surface area contributed by atoms with Gasteiger partial charge < -0.3 is 14.6 Å². The van der Waals surface area contributed by atoms with Crippen LogP contribution in [-0.4, -0.2) is 29.3 Å². The van der Waals surface area contributed by atoms with Crippen LogP contribution in [0.3, 0.4) is 0 Å². The molecule has 0 saturated heterocycles. The van der Waals surface area contributed by atoms with Crippen molar-refractivity contribution in [3.63, 3.8) is 0 Å². The number of methoxy groups -OCH3 is 1. The Labute approximate surface area is 116 Å². The molecule has 1 aromatic rings. The summed E-state index contributed by atoms with van der Waals surface area (Å²) >= 11 is 0. The molecule has 0 bridgehead atoms. The number of imidazole rings is 1. The van der Waals surface area contributed by atoms with Crippen LogP contribution in [0.15, 0.2) is 6.20 Å². The number of ether oxygens (including phenoxy) is 1. The molecule has 1 aliphatic rings. The summed E-state index contributed by atoms with van der Waals surface area (Å²) in [5, 5.41) is 3.64. The van der Waals surface area contributed by atoms with Crippen molar-refractivity contribution in [2.24, 2.45) is 11.8 Å². The molecule has 4 heteroatoms. The van der Waals surface area contributed by atoms with Gasteiger partial charge in [0.1, 0.15) is 0 Å². The molecule has 1 aliphatic carbocycles. The lowest BCUT2D eigenvalue weighted by molar-refractivity contribution is 0.187. The fourth-order valence-electron chi connectivity index (χ4n) is 3.27. The molecule has 2 unspecified atom stereocenters. The topological polar surface area (TPSA) is 39.1 Å². The van der Waals surface area contributed by atoms with E-state index in [1.807, 2.05) is 6.92 Å². The van der Waals surface area contributed by atoms with Crippen molar-refractivity contribution >= 4 is 5.95 Å². The van der Waals surface area contributed by atoms with Gasteiger partial charge in [-0.25, -0.2) is 4.98 Å². The van der Waals surface area contributed by atoms with E-state index in [0.29, 0.717) is 6.04 Å². The molecule has 0 aliphatic heterocycles. The van der Waals surface area contributed by atoms with Crippen molar-refractivity contribution in [2.45, 2.75) is 52.6 Å². The van der Waals surface area contributed by atoms with Crippen molar-refractivity contribution in [3.8, 4) is 0 Å². The number of aromatic nitrogens is 2. The van der Waals surface area contributed by atoms with E-state index in [4.69, 9.17) is 4.74 Å². The number of rotatable bonds is 5. The van der Waals surface area contributed by atoms with E-state index in [1.54, 1.807) is 7.11 Å². The highest BCUT2D eigenvalue weighted by Gasteiger charge is 2.24. The summed E-state index contributed by atoms with van der Waals surface area (Å²) in [6.07, 6.45) is 5.95. The number of nitrogens with zero attached hydrogens (tertiary/aromatic N) is 2. The van der Waals surface area contributed by atoms with Crippen LogP contribution in [0.25, 0.3) is 0 Å². The van der Waals surface area contributed by atoms with E-state index in [0.717, 1.165) is 36.6 Å². The van der Waals surface area contributed by atoms with E-state index in [2.05, 4.69) is 34.9 Å². The Morgan fingerprint density at radius 2 is 2.00 bits per heavy atom. The SMILES string of the molecule is COCCn1cc(C)nc1NC1CC(C)CC(C)C1. The fourth-order valence-corrected chi connectivity index (χ4v) is 3.27. The smallest absolute Gasteiger partial charge is 0.203 e. The highest BCUT2D eigenvalue weighted by Crippen LogP contribution is 2.30. The van der Waals surface area contributed by atoms with E-state index in [1.165, 1.54) is 19.3 Å². The zero-order valence-electron chi connectivity index (χ0n) is 12.6. The number of hydrogen-bond acceptors (Lipinski definition) is 3. The monoisotopic (exact) mass is 265 g/mol. The van der Waals surface area contributed by atoms with Crippen LogP contribution < -0.4 is 5.32 Å². The number of hydrogen-bond donors (Lipinski definition) is 1. The van der Waals surface area contributed by atoms with Crippen LogP contribution in [0.2, 0.25) is 0 Å². The molecule has 108 valence electrons. The first-order valence-electron chi connectivity index (χ1n) is 7.37. The van der Waals surface area contributed by atoms with Gasteiger partial charge >= 0.3 is 0 Å². The van der Waals surface area contributed by atoms with Crippen LogP contribution in [-0.2, 0) is 11.3 Å². The van der Waals surface area contributed by atoms with Gasteiger partial charge in [0.05, 0.1) is 12.3 Å². The molecule has 1 N–H and O–H groups in total. The minimum absolute atomic E-state index is 0.557. The molecule has 0 radical (unpaired) electrons. The van der Waals surface area contributed by atoms with E-state index in [-0.39, 0.29) is 0 Å². The summed E-state index contributed by atoms with van der Waals surface area (Å²) in [5.41, 5.74) is 1.07. The zero-order valence-corrected chi connectivity index (χ0v) is 12.6. The first kappa shape index (κ1) is 14.4. The Morgan fingerprint density at radius 1 is 1.32 bits per heavy atom. The largest absolute Gasteiger partial charge is 0.383 e. The van der Waals surface area contributed by atoms with Crippen LogP contribution in [0.5, 0.6) is 0 Å². The molecule has 2 rings (SSSR count). The molecule has 1 fully saturated rings. The minimum atomic E-state index is 0.557. The fraction of sp³-hybridized carbons (Fsp3) is 0.800. The van der Waals surface area contributed by atoms with Gasteiger partial charge in [0.2, 0.25) is 5.95 Å². The van der Waals surface area contributed by atoms with Crippen molar-refractivity contribution < 1.29 is 4.74 Å². The Morgan fingerprint density at radius 3 is 2.63 bits per heavy atom. The summed E-state index contributed by atoms with van der Waals surface area (Å²) in [5.74, 6) is 2.62. The summed E-state index contributed by atoms with van der Waals surface area (Å²) in [4.78, 5) is 4.60. The van der Waals surface area contributed by atoms with Gasteiger partial charge in [-0.2, -0.15) is 0 Å². The Balaban J connectivity index is 2.01. The lowest BCUT2D eigenvalue weighted by Gasteiger charge is -2.32. The van der Waals surface area contributed by atoms with E-state index < -0.39 is 0 Å². The van der Waals surface area contributed by atoms with Gasteiger partial charge in [-0.05, 0) is 38.0 Å². The lowest BCUT2D eigenvalue weighted by atomic mass is 9.80. The normalized spacial score (nSPS) is 27.5.